The Kier molecular flexibility index (Phi) is 4.19. The summed E-state index contributed by atoms with van der Waals surface area (Å²) >= 11 is 0. The van der Waals surface area contributed by atoms with Gasteiger partial charge >= 0.3 is 0 Å². The van der Waals surface area contributed by atoms with E-state index in [1.54, 1.807) is 24.3 Å². The Morgan fingerprint density at radius 3 is 2.41 bits per heavy atom. The summed E-state index contributed by atoms with van der Waals surface area (Å²) in [5, 5.41) is 3.96. The summed E-state index contributed by atoms with van der Waals surface area (Å²) in [6.45, 7) is 3.82. The fourth-order valence-corrected chi connectivity index (χ4v) is 2.93. The van der Waals surface area contributed by atoms with Gasteiger partial charge in [-0.25, -0.2) is 0 Å². The number of nitrogens with zero attached hydrogens (tertiary/aromatic N) is 3. The lowest BCUT2D eigenvalue weighted by molar-refractivity contribution is 0.0625. The van der Waals surface area contributed by atoms with Crippen molar-refractivity contribution in [1.29, 1.82) is 0 Å². The van der Waals surface area contributed by atoms with Crippen LogP contribution in [0.25, 0.3) is 11.4 Å². The molecule has 0 atom stereocenters. The molecule has 1 aliphatic rings. The van der Waals surface area contributed by atoms with Crippen LogP contribution in [0.15, 0.2) is 53.1 Å². The topological polar surface area (TPSA) is 85.5 Å². The number of amides is 2. The molecule has 1 aliphatic heterocycles. The normalized spacial score (nSPS) is 13.4. The second kappa shape index (κ2) is 6.68. The van der Waals surface area contributed by atoms with E-state index in [0.29, 0.717) is 22.7 Å². The number of hydrogen-bond donors (Lipinski definition) is 0. The van der Waals surface area contributed by atoms with E-state index in [2.05, 4.69) is 10.1 Å². The van der Waals surface area contributed by atoms with Crippen LogP contribution in [0.2, 0.25) is 0 Å². The number of benzene rings is 2. The second-order valence-electron chi connectivity index (χ2n) is 6.45. The molecule has 136 valence electrons. The first-order valence-electron chi connectivity index (χ1n) is 8.58. The molecule has 0 spiro atoms. The van der Waals surface area contributed by atoms with Crippen LogP contribution in [0, 0.1) is 0 Å². The van der Waals surface area contributed by atoms with Crippen molar-refractivity contribution in [1.82, 2.24) is 15.0 Å². The molecule has 2 amide bonds. The van der Waals surface area contributed by atoms with Crippen LogP contribution in [0.5, 0.6) is 5.75 Å². The lowest BCUT2D eigenvalue weighted by Crippen LogP contribution is -2.29. The van der Waals surface area contributed by atoms with Gasteiger partial charge in [0.25, 0.3) is 11.8 Å². The SMILES string of the molecule is CC(C)Oc1cccc(-c2noc(CN3C(=O)c4ccccc4C3=O)n2)c1. The highest BCUT2D eigenvalue weighted by Crippen LogP contribution is 2.26. The van der Waals surface area contributed by atoms with E-state index in [-0.39, 0.29) is 30.4 Å². The van der Waals surface area contributed by atoms with Crippen LogP contribution >= 0.6 is 0 Å². The molecule has 0 N–H and O–H groups in total. The third-order valence-electron chi connectivity index (χ3n) is 4.10. The Hall–Kier alpha value is -3.48. The first kappa shape index (κ1) is 17.0. The summed E-state index contributed by atoms with van der Waals surface area (Å²) in [7, 11) is 0. The minimum Gasteiger partial charge on any atom is -0.491 e. The van der Waals surface area contributed by atoms with Gasteiger partial charge in [-0.1, -0.05) is 29.4 Å². The maximum atomic E-state index is 12.4. The number of carbonyl (C=O) groups excluding carboxylic acids is 2. The van der Waals surface area contributed by atoms with E-state index in [4.69, 9.17) is 9.26 Å². The van der Waals surface area contributed by atoms with Gasteiger partial charge in [-0.15, -0.1) is 0 Å². The van der Waals surface area contributed by atoms with Crippen LogP contribution in [0.3, 0.4) is 0 Å². The summed E-state index contributed by atoms with van der Waals surface area (Å²) in [6, 6.07) is 14.1. The van der Waals surface area contributed by atoms with E-state index in [1.807, 2.05) is 38.1 Å². The number of aromatic nitrogens is 2. The molecule has 2 heterocycles. The molecule has 0 unspecified atom stereocenters. The molecule has 0 aliphatic carbocycles. The highest BCUT2D eigenvalue weighted by molar-refractivity contribution is 6.21. The zero-order chi connectivity index (χ0) is 19.0. The minimum atomic E-state index is -0.359. The molecule has 27 heavy (non-hydrogen) atoms. The van der Waals surface area contributed by atoms with Crippen LogP contribution in [0.1, 0.15) is 40.5 Å². The van der Waals surface area contributed by atoms with Gasteiger partial charge in [-0.3, -0.25) is 14.5 Å². The smallest absolute Gasteiger partial charge is 0.262 e. The second-order valence-corrected chi connectivity index (χ2v) is 6.45. The van der Waals surface area contributed by atoms with Gasteiger partial charge in [0.05, 0.1) is 17.2 Å². The summed E-state index contributed by atoms with van der Waals surface area (Å²) < 4.78 is 10.9. The molecule has 3 aromatic rings. The van der Waals surface area contributed by atoms with Gasteiger partial charge < -0.3 is 9.26 Å². The molecular formula is C20H17N3O4. The average Bonchev–Trinajstić information content (AvgIpc) is 3.21. The Balaban J connectivity index is 1.54. The highest BCUT2D eigenvalue weighted by atomic mass is 16.5. The van der Waals surface area contributed by atoms with Gasteiger partial charge in [0.1, 0.15) is 12.3 Å². The van der Waals surface area contributed by atoms with Crippen molar-refractivity contribution in [3.8, 4) is 17.1 Å². The minimum absolute atomic E-state index is 0.0508. The standard InChI is InChI=1S/C20H17N3O4/c1-12(2)26-14-7-5-6-13(10-14)18-21-17(27-22-18)11-23-19(24)15-8-3-4-9-16(15)20(23)25/h3-10,12H,11H2,1-2H3. The van der Waals surface area contributed by atoms with Gasteiger partial charge in [0.15, 0.2) is 0 Å². The lowest BCUT2D eigenvalue weighted by atomic mass is 10.1. The number of rotatable bonds is 5. The van der Waals surface area contributed by atoms with E-state index in [1.165, 1.54) is 0 Å². The molecule has 0 saturated carbocycles. The molecule has 7 heteroatoms. The molecule has 0 fully saturated rings. The maximum Gasteiger partial charge on any atom is 0.262 e. The van der Waals surface area contributed by atoms with Gasteiger partial charge in [0.2, 0.25) is 11.7 Å². The summed E-state index contributed by atoms with van der Waals surface area (Å²) in [4.78, 5) is 30.3. The monoisotopic (exact) mass is 363 g/mol. The zero-order valence-electron chi connectivity index (χ0n) is 14.9. The Morgan fingerprint density at radius 1 is 1.04 bits per heavy atom. The van der Waals surface area contributed by atoms with E-state index < -0.39 is 0 Å². The third-order valence-corrected chi connectivity index (χ3v) is 4.10. The van der Waals surface area contributed by atoms with E-state index in [9.17, 15) is 9.59 Å². The van der Waals surface area contributed by atoms with Crippen molar-refractivity contribution in [2.45, 2.75) is 26.5 Å². The summed E-state index contributed by atoms with van der Waals surface area (Å²) in [6.07, 6.45) is 0.0508. The van der Waals surface area contributed by atoms with Gasteiger partial charge in [-0.2, -0.15) is 4.98 Å². The van der Waals surface area contributed by atoms with Crippen molar-refractivity contribution < 1.29 is 18.8 Å². The summed E-state index contributed by atoms with van der Waals surface area (Å²) in [5.74, 6) is 0.546. The van der Waals surface area contributed by atoms with Gasteiger partial charge in [-0.05, 0) is 38.1 Å². The molecule has 4 rings (SSSR count). The quantitative estimate of drug-likeness (QED) is 0.647. The lowest BCUT2D eigenvalue weighted by Gasteiger charge is -2.10. The predicted molar refractivity (Wildman–Crippen MR) is 96.1 cm³/mol. The number of ether oxygens (including phenoxy) is 1. The largest absolute Gasteiger partial charge is 0.491 e. The molecule has 0 bridgehead atoms. The Labute approximate surface area is 155 Å². The number of carbonyl (C=O) groups is 2. The average molecular weight is 363 g/mol. The zero-order valence-corrected chi connectivity index (χ0v) is 14.9. The molecule has 7 nitrogen and oxygen atoms in total. The first-order valence-corrected chi connectivity index (χ1v) is 8.58. The predicted octanol–water partition coefficient (Wildman–Crippen LogP) is 3.32. The van der Waals surface area contributed by atoms with Crippen molar-refractivity contribution >= 4 is 11.8 Å². The third kappa shape index (κ3) is 3.19. The number of hydrogen-bond acceptors (Lipinski definition) is 6. The van der Waals surface area contributed by atoms with Crippen LogP contribution < -0.4 is 4.74 Å². The highest BCUT2D eigenvalue weighted by Gasteiger charge is 2.36. The van der Waals surface area contributed by atoms with Crippen LogP contribution in [-0.2, 0) is 6.54 Å². The van der Waals surface area contributed by atoms with Crippen molar-refractivity contribution in [2.75, 3.05) is 0 Å². The van der Waals surface area contributed by atoms with Crippen LogP contribution in [-0.4, -0.2) is 33.0 Å². The van der Waals surface area contributed by atoms with Gasteiger partial charge in [0, 0.05) is 5.56 Å². The molecule has 2 aromatic carbocycles. The molecule has 1 aromatic heterocycles. The summed E-state index contributed by atoms with van der Waals surface area (Å²) in [5.41, 5.74) is 1.51. The van der Waals surface area contributed by atoms with Crippen LogP contribution in [0.4, 0.5) is 0 Å². The van der Waals surface area contributed by atoms with Crippen molar-refractivity contribution in [3.63, 3.8) is 0 Å². The molecule has 0 radical (unpaired) electrons. The van der Waals surface area contributed by atoms with Crippen molar-refractivity contribution in [3.05, 3.63) is 65.5 Å². The van der Waals surface area contributed by atoms with Crippen molar-refractivity contribution in [2.24, 2.45) is 0 Å². The fraction of sp³-hybridized carbons (Fsp3) is 0.200. The Morgan fingerprint density at radius 2 is 1.74 bits per heavy atom. The fourth-order valence-electron chi connectivity index (χ4n) is 2.93. The van der Waals surface area contributed by atoms with E-state index in [0.717, 1.165) is 10.5 Å². The molecule has 0 saturated heterocycles. The maximum absolute atomic E-state index is 12.4. The Bertz CT molecular complexity index is 990. The van der Waals surface area contributed by atoms with E-state index >= 15 is 0 Å². The molecular weight excluding hydrogens is 346 g/mol. The first-order chi connectivity index (χ1) is 13.0. The number of imide groups is 1. The number of fused-ring (bicyclic) bond motifs is 1.